The van der Waals surface area contributed by atoms with Crippen LogP contribution in [0.15, 0.2) is 30.3 Å². The monoisotopic (exact) mass is 269 g/mol. The fraction of sp³-hybridized carbons (Fsp3) is 0.500. The van der Waals surface area contributed by atoms with Gasteiger partial charge in [-0.1, -0.05) is 30.3 Å². The van der Waals surface area contributed by atoms with Crippen LogP contribution in [0.5, 0.6) is 0 Å². The number of nitrogens with one attached hydrogen (secondary N) is 2. The summed E-state index contributed by atoms with van der Waals surface area (Å²) in [5.41, 5.74) is 0.720. The normalized spacial score (nSPS) is 32.9. The summed E-state index contributed by atoms with van der Waals surface area (Å²) in [6, 6.07) is 12.6. The first-order valence-electron chi connectivity index (χ1n) is 7.24. The SMILES string of the molecule is N#CC1(c2ccccc2)CC(NC2CCCNC2=O)C1. The molecule has 2 aliphatic rings. The Bertz CT molecular complexity index is 528. The molecular weight excluding hydrogens is 250 g/mol. The van der Waals surface area contributed by atoms with Crippen LogP contribution >= 0.6 is 0 Å². The van der Waals surface area contributed by atoms with Gasteiger partial charge >= 0.3 is 0 Å². The lowest BCUT2D eigenvalue weighted by atomic mass is 9.62. The molecule has 1 aromatic carbocycles. The number of hydrogen-bond acceptors (Lipinski definition) is 3. The van der Waals surface area contributed by atoms with E-state index in [4.69, 9.17) is 0 Å². The van der Waals surface area contributed by atoms with Crippen LogP contribution < -0.4 is 10.6 Å². The molecule has 1 atom stereocenters. The van der Waals surface area contributed by atoms with Crippen molar-refractivity contribution in [3.63, 3.8) is 0 Å². The van der Waals surface area contributed by atoms with E-state index in [9.17, 15) is 10.1 Å². The second-order valence-corrected chi connectivity index (χ2v) is 5.82. The van der Waals surface area contributed by atoms with E-state index < -0.39 is 0 Å². The summed E-state index contributed by atoms with van der Waals surface area (Å²) in [7, 11) is 0. The van der Waals surface area contributed by atoms with Gasteiger partial charge < -0.3 is 10.6 Å². The lowest BCUT2D eigenvalue weighted by Gasteiger charge is -2.45. The standard InChI is InChI=1S/C16H19N3O/c17-11-16(12-5-2-1-3-6-12)9-13(10-16)19-14-7-4-8-18-15(14)20/h1-3,5-6,13-14,19H,4,7-10H2,(H,18,20). The smallest absolute Gasteiger partial charge is 0.237 e. The highest BCUT2D eigenvalue weighted by Crippen LogP contribution is 2.43. The highest BCUT2D eigenvalue weighted by Gasteiger charge is 2.47. The van der Waals surface area contributed by atoms with E-state index in [1.165, 1.54) is 0 Å². The van der Waals surface area contributed by atoms with Crippen molar-refractivity contribution in [3.05, 3.63) is 35.9 Å². The van der Waals surface area contributed by atoms with Gasteiger partial charge in [0.15, 0.2) is 0 Å². The Morgan fingerprint density at radius 1 is 1.30 bits per heavy atom. The molecule has 1 aliphatic carbocycles. The predicted octanol–water partition coefficient (Wildman–Crippen LogP) is 1.48. The third-order valence-electron chi connectivity index (χ3n) is 4.45. The lowest BCUT2D eigenvalue weighted by molar-refractivity contribution is -0.125. The fourth-order valence-corrected chi connectivity index (χ4v) is 3.26. The van der Waals surface area contributed by atoms with Crippen LogP contribution in [-0.2, 0) is 10.2 Å². The molecular formula is C16H19N3O. The number of hydrogen-bond donors (Lipinski definition) is 2. The first-order chi connectivity index (χ1) is 9.73. The van der Waals surface area contributed by atoms with Gasteiger partial charge in [0.2, 0.25) is 5.91 Å². The van der Waals surface area contributed by atoms with Crippen molar-refractivity contribution in [1.82, 2.24) is 10.6 Å². The minimum Gasteiger partial charge on any atom is -0.355 e. The van der Waals surface area contributed by atoms with E-state index in [1.54, 1.807) is 0 Å². The molecule has 104 valence electrons. The largest absolute Gasteiger partial charge is 0.355 e. The van der Waals surface area contributed by atoms with Crippen molar-refractivity contribution in [1.29, 1.82) is 5.26 Å². The summed E-state index contributed by atoms with van der Waals surface area (Å²) in [4.78, 5) is 11.7. The van der Waals surface area contributed by atoms with Gasteiger partial charge in [0.25, 0.3) is 0 Å². The van der Waals surface area contributed by atoms with E-state index in [0.29, 0.717) is 0 Å². The molecule has 1 aromatic rings. The first-order valence-corrected chi connectivity index (χ1v) is 7.24. The molecule has 0 radical (unpaired) electrons. The number of piperidine rings is 1. The zero-order valence-corrected chi connectivity index (χ0v) is 11.4. The molecule has 1 heterocycles. The van der Waals surface area contributed by atoms with E-state index in [0.717, 1.165) is 37.8 Å². The fourth-order valence-electron chi connectivity index (χ4n) is 3.26. The molecule has 1 amide bonds. The summed E-state index contributed by atoms with van der Waals surface area (Å²) in [5.74, 6) is 0.102. The van der Waals surface area contributed by atoms with E-state index >= 15 is 0 Å². The summed E-state index contributed by atoms with van der Waals surface area (Å²) >= 11 is 0. The zero-order valence-electron chi connectivity index (χ0n) is 11.4. The van der Waals surface area contributed by atoms with Gasteiger partial charge in [-0.2, -0.15) is 5.26 Å². The minimum absolute atomic E-state index is 0.0822. The number of carbonyl (C=O) groups is 1. The molecule has 1 aliphatic heterocycles. The van der Waals surface area contributed by atoms with E-state index in [1.807, 2.05) is 30.3 Å². The van der Waals surface area contributed by atoms with Gasteiger partial charge in [0.05, 0.1) is 17.5 Å². The molecule has 0 bridgehead atoms. The van der Waals surface area contributed by atoms with Crippen LogP contribution in [0.1, 0.15) is 31.2 Å². The Morgan fingerprint density at radius 2 is 2.05 bits per heavy atom. The van der Waals surface area contributed by atoms with Crippen molar-refractivity contribution < 1.29 is 4.79 Å². The highest BCUT2D eigenvalue weighted by molar-refractivity contribution is 5.82. The van der Waals surface area contributed by atoms with Crippen LogP contribution in [0.25, 0.3) is 0 Å². The summed E-state index contributed by atoms with van der Waals surface area (Å²) < 4.78 is 0. The van der Waals surface area contributed by atoms with Gasteiger partial charge in [-0.15, -0.1) is 0 Å². The Kier molecular flexibility index (Phi) is 3.45. The minimum atomic E-state index is -0.371. The molecule has 1 saturated carbocycles. The maximum atomic E-state index is 11.7. The van der Waals surface area contributed by atoms with Crippen molar-refractivity contribution in [2.45, 2.75) is 43.2 Å². The van der Waals surface area contributed by atoms with E-state index in [2.05, 4.69) is 16.7 Å². The van der Waals surface area contributed by atoms with Crippen molar-refractivity contribution in [2.75, 3.05) is 6.54 Å². The van der Waals surface area contributed by atoms with Crippen molar-refractivity contribution in [2.24, 2.45) is 0 Å². The predicted molar refractivity (Wildman–Crippen MR) is 75.9 cm³/mol. The van der Waals surface area contributed by atoms with Crippen LogP contribution in [0, 0.1) is 11.3 Å². The quantitative estimate of drug-likeness (QED) is 0.873. The second-order valence-electron chi connectivity index (χ2n) is 5.82. The molecule has 0 aromatic heterocycles. The van der Waals surface area contributed by atoms with Crippen LogP contribution in [-0.4, -0.2) is 24.5 Å². The van der Waals surface area contributed by atoms with Crippen LogP contribution in [0.3, 0.4) is 0 Å². The first kappa shape index (κ1) is 13.1. The van der Waals surface area contributed by atoms with E-state index in [-0.39, 0.29) is 23.4 Å². The third kappa shape index (κ3) is 2.30. The molecule has 0 spiro atoms. The van der Waals surface area contributed by atoms with Crippen LogP contribution in [0.2, 0.25) is 0 Å². The zero-order chi connectivity index (χ0) is 14.0. The van der Waals surface area contributed by atoms with Gasteiger partial charge in [-0.05, 0) is 31.2 Å². The molecule has 4 nitrogen and oxygen atoms in total. The maximum absolute atomic E-state index is 11.7. The number of amides is 1. The molecule has 1 saturated heterocycles. The van der Waals surface area contributed by atoms with Gasteiger partial charge in [-0.3, -0.25) is 4.79 Å². The third-order valence-corrected chi connectivity index (χ3v) is 4.45. The van der Waals surface area contributed by atoms with Crippen LogP contribution in [0.4, 0.5) is 0 Å². The van der Waals surface area contributed by atoms with Gasteiger partial charge in [0.1, 0.15) is 0 Å². The lowest BCUT2D eigenvalue weighted by Crippen LogP contribution is -2.58. The average Bonchev–Trinajstić information content (AvgIpc) is 2.45. The topological polar surface area (TPSA) is 64.9 Å². The Balaban J connectivity index is 1.62. The summed E-state index contributed by atoms with van der Waals surface area (Å²) in [6.45, 7) is 0.786. The molecule has 2 N–H and O–H groups in total. The molecule has 4 heteroatoms. The Morgan fingerprint density at radius 3 is 2.70 bits per heavy atom. The second kappa shape index (κ2) is 5.26. The number of carbonyl (C=O) groups excluding carboxylic acids is 1. The number of rotatable bonds is 3. The summed E-state index contributed by atoms with van der Waals surface area (Å²) in [6.07, 6.45) is 3.50. The molecule has 1 unspecified atom stereocenters. The molecule has 2 fully saturated rings. The number of nitrogens with zero attached hydrogens (tertiary/aromatic N) is 1. The van der Waals surface area contributed by atoms with Crippen molar-refractivity contribution >= 4 is 5.91 Å². The molecule has 3 rings (SSSR count). The number of nitriles is 1. The Labute approximate surface area is 119 Å². The van der Waals surface area contributed by atoms with Crippen molar-refractivity contribution in [3.8, 4) is 6.07 Å². The summed E-state index contributed by atoms with van der Waals surface area (Å²) in [5, 5.41) is 15.8. The van der Waals surface area contributed by atoms with Gasteiger partial charge in [0, 0.05) is 12.6 Å². The number of benzene rings is 1. The maximum Gasteiger partial charge on any atom is 0.237 e. The molecule has 20 heavy (non-hydrogen) atoms. The highest BCUT2D eigenvalue weighted by atomic mass is 16.2. The Hall–Kier alpha value is -1.86. The van der Waals surface area contributed by atoms with Gasteiger partial charge in [-0.25, -0.2) is 0 Å². The average molecular weight is 269 g/mol.